The number of para-hydroxylation sites is 1. The van der Waals surface area contributed by atoms with Crippen LogP contribution in [0.15, 0.2) is 29.1 Å². The van der Waals surface area contributed by atoms with E-state index in [2.05, 4.69) is 30.5 Å². The highest BCUT2D eigenvalue weighted by atomic mass is 16.1. The van der Waals surface area contributed by atoms with Gasteiger partial charge in [0, 0.05) is 22.7 Å². The predicted molar refractivity (Wildman–Crippen MR) is 84.5 cm³/mol. The highest BCUT2D eigenvalue weighted by Crippen LogP contribution is 2.39. The number of pyridine rings is 1. The molecule has 2 heteroatoms. The molecule has 1 fully saturated rings. The van der Waals surface area contributed by atoms with Crippen LogP contribution in [0.25, 0.3) is 10.9 Å². The molecule has 1 heterocycles. The Bertz CT molecular complexity index is 680. The average Bonchev–Trinajstić information content (AvgIpc) is 3.28. The van der Waals surface area contributed by atoms with E-state index in [0.29, 0.717) is 6.04 Å². The van der Waals surface area contributed by atoms with Crippen molar-refractivity contribution in [2.45, 2.75) is 58.4 Å². The van der Waals surface area contributed by atoms with E-state index in [-0.39, 0.29) is 5.43 Å². The van der Waals surface area contributed by atoms with Crippen LogP contribution in [0.2, 0.25) is 0 Å². The fourth-order valence-electron chi connectivity index (χ4n) is 3.23. The summed E-state index contributed by atoms with van der Waals surface area (Å²) in [6, 6.07) is 8.76. The first-order chi connectivity index (χ1) is 9.77. The van der Waals surface area contributed by atoms with Crippen LogP contribution in [0.4, 0.5) is 0 Å². The Morgan fingerprint density at radius 1 is 1.10 bits per heavy atom. The summed E-state index contributed by atoms with van der Waals surface area (Å²) in [4.78, 5) is 12.8. The molecule has 0 amide bonds. The minimum atomic E-state index is 0.266. The molecule has 106 valence electrons. The van der Waals surface area contributed by atoms with E-state index < -0.39 is 0 Å². The number of benzene rings is 1. The van der Waals surface area contributed by atoms with Gasteiger partial charge in [-0.3, -0.25) is 4.79 Å². The van der Waals surface area contributed by atoms with Crippen molar-refractivity contribution >= 4 is 10.9 Å². The van der Waals surface area contributed by atoms with Crippen LogP contribution in [-0.2, 0) is 12.8 Å². The first-order valence-electron chi connectivity index (χ1n) is 7.92. The summed E-state index contributed by atoms with van der Waals surface area (Å²) in [6.45, 7) is 4.36. The third-order valence-electron chi connectivity index (χ3n) is 4.22. The second-order valence-electron chi connectivity index (χ2n) is 5.87. The largest absolute Gasteiger partial charge is 0.341 e. The van der Waals surface area contributed by atoms with Crippen LogP contribution in [0.3, 0.4) is 0 Å². The Kier molecular flexibility index (Phi) is 3.64. The van der Waals surface area contributed by atoms with Gasteiger partial charge in [-0.05, 0) is 37.8 Å². The van der Waals surface area contributed by atoms with Gasteiger partial charge in [0.2, 0.25) is 0 Å². The molecule has 0 aliphatic heterocycles. The zero-order valence-corrected chi connectivity index (χ0v) is 12.5. The lowest BCUT2D eigenvalue weighted by atomic mass is 10.0. The Labute approximate surface area is 120 Å². The van der Waals surface area contributed by atoms with Gasteiger partial charge in [0.05, 0.1) is 5.52 Å². The van der Waals surface area contributed by atoms with Crippen molar-refractivity contribution in [1.29, 1.82) is 0 Å². The van der Waals surface area contributed by atoms with Crippen LogP contribution in [0.1, 0.15) is 56.8 Å². The normalized spacial score (nSPS) is 14.9. The molecule has 1 aromatic carbocycles. The zero-order chi connectivity index (χ0) is 14.1. The Balaban J connectivity index is 2.36. The first kappa shape index (κ1) is 13.4. The molecule has 20 heavy (non-hydrogen) atoms. The van der Waals surface area contributed by atoms with E-state index in [9.17, 15) is 4.79 Å². The maximum atomic E-state index is 12.8. The predicted octanol–water partition coefficient (Wildman–Crippen LogP) is 4.24. The Morgan fingerprint density at radius 3 is 2.45 bits per heavy atom. The fraction of sp³-hybridized carbons (Fsp3) is 0.500. The lowest BCUT2D eigenvalue weighted by Gasteiger charge is -2.20. The number of aromatic nitrogens is 1. The number of hydrogen-bond donors (Lipinski definition) is 0. The molecule has 1 aliphatic rings. The molecule has 0 bridgehead atoms. The molecule has 1 saturated carbocycles. The minimum Gasteiger partial charge on any atom is -0.341 e. The SMILES string of the molecule is CCCc1c(CCC)n(C2CC2)c2ccccc2c1=O. The number of rotatable bonds is 5. The molecule has 2 nitrogen and oxygen atoms in total. The summed E-state index contributed by atoms with van der Waals surface area (Å²) in [7, 11) is 0. The maximum absolute atomic E-state index is 12.8. The molecule has 0 atom stereocenters. The molecule has 0 radical (unpaired) electrons. The second kappa shape index (κ2) is 5.43. The quantitative estimate of drug-likeness (QED) is 0.795. The van der Waals surface area contributed by atoms with Crippen molar-refractivity contribution in [2.75, 3.05) is 0 Å². The Hall–Kier alpha value is -1.57. The van der Waals surface area contributed by atoms with Crippen LogP contribution in [-0.4, -0.2) is 4.57 Å². The molecule has 1 aliphatic carbocycles. The molecule has 0 N–H and O–H groups in total. The van der Waals surface area contributed by atoms with Gasteiger partial charge >= 0.3 is 0 Å². The molecular formula is C18H23NO. The van der Waals surface area contributed by atoms with Gasteiger partial charge in [0.25, 0.3) is 0 Å². The van der Waals surface area contributed by atoms with Gasteiger partial charge in [-0.2, -0.15) is 0 Å². The van der Waals surface area contributed by atoms with E-state index in [0.717, 1.165) is 42.1 Å². The minimum absolute atomic E-state index is 0.266. The van der Waals surface area contributed by atoms with Crippen molar-refractivity contribution in [2.24, 2.45) is 0 Å². The Morgan fingerprint density at radius 2 is 1.80 bits per heavy atom. The van der Waals surface area contributed by atoms with Gasteiger partial charge in [0.1, 0.15) is 0 Å². The first-order valence-corrected chi connectivity index (χ1v) is 7.92. The molecular weight excluding hydrogens is 246 g/mol. The van der Waals surface area contributed by atoms with Crippen molar-refractivity contribution in [3.05, 3.63) is 45.7 Å². The van der Waals surface area contributed by atoms with Crippen LogP contribution >= 0.6 is 0 Å². The summed E-state index contributed by atoms with van der Waals surface area (Å²) in [6.07, 6.45) is 6.58. The second-order valence-corrected chi connectivity index (χ2v) is 5.87. The summed E-state index contributed by atoms with van der Waals surface area (Å²) >= 11 is 0. The number of fused-ring (bicyclic) bond motifs is 1. The van der Waals surface area contributed by atoms with Gasteiger partial charge in [-0.1, -0.05) is 38.8 Å². The molecule has 2 aromatic rings. The third kappa shape index (κ3) is 2.17. The van der Waals surface area contributed by atoms with Gasteiger partial charge in [-0.15, -0.1) is 0 Å². The lowest BCUT2D eigenvalue weighted by molar-refractivity contribution is 0.678. The molecule has 0 saturated heterocycles. The number of nitrogens with zero attached hydrogens (tertiary/aromatic N) is 1. The van der Waals surface area contributed by atoms with E-state index >= 15 is 0 Å². The van der Waals surface area contributed by atoms with Crippen molar-refractivity contribution in [3.63, 3.8) is 0 Å². The average molecular weight is 269 g/mol. The summed E-state index contributed by atoms with van der Waals surface area (Å²) in [5.74, 6) is 0. The van der Waals surface area contributed by atoms with E-state index in [1.165, 1.54) is 18.5 Å². The number of hydrogen-bond acceptors (Lipinski definition) is 1. The summed E-state index contributed by atoms with van der Waals surface area (Å²) in [5, 5.41) is 0.905. The third-order valence-corrected chi connectivity index (χ3v) is 4.22. The van der Waals surface area contributed by atoms with E-state index in [4.69, 9.17) is 0 Å². The van der Waals surface area contributed by atoms with E-state index in [1.54, 1.807) is 0 Å². The molecule has 3 rings (SSSR count). The van der Waals surface area contributed by atoms with Crippen molar-refractivity contribution in [3.8, 4) is 0 Å². The summed E-state index contributed by atoms with van der Waals surface area (Å²) in [5.41, 5.74) is 3.78. The maximum Gasteiger partial charge on any atom is 0.192 e. The van der Waals surface area contributed by atoms with Crippen LogP contribution < -0.4 is 5.43 Å². The van der Waals surface area contributed by atoms with E-state index in [1.807, 2.05) is 12.1 Å². The van der Waals surface area contributed by atoms with Gasteiger partial charge < -0.3 is 4.57 Å². The highest BCUT2D eigenvalue weighted by Gasteiger charge is 2.28. The van der Waals surface area contributed by atoms with Gasteiger partial charge in [0.15, 0.2) is 5.43 Å². The standard InChI is InChI=1S/C18H23NO/c1-3-7-14-16(8-4-2)19(13-11-12-13)17-10-6-5-9-15(17)18(14)20/h5-6,9-10,13H,3-4,7-8,11-12H2,1-2H3. The van der Waals surface area contributed by atoms with Crippen LogP contribution in [0, 0.1) is 0 Å². The zero-order valence-electron chi connectivity index (χ0n) is 12.5. The monoisotopic (exact) mass is 269 g/mol. The molecule has 1 aromatic heterocycles. The van der Waals surface area contributed by atoms with Crippen molar-refractivity contribution in [1.82, 2.24) is 4.57 Å². The lowest BCUT2D eigenvalue weighted by Crippen LogP contribution is -2.20. The van der Waals surface area contributed by atoms with Crippen molar-refractivity contribution < 1.29 is 0 Å². The topological polar surface area (TPSA) is 22.0 Å². The molecule has 0 unspecified atom stereocenters. The highest BCUT2D eigenvalue weighted by molar-refractivity contribution is 5.80. The molecule has 0 spiro atoms. The smallest absolute Gasteiger partial charge is 0.192 e. The van der Waals surface area contributed by atoms with Gasteiger partial charge in [-0.25, -0.2) is 0 Å². The fourth-order valence-corrected chi connectivity index (χ4v) is 3.23. The van der Waals surface area contributed by atoms with Crippen LogP contribution in [0.5, 0.6) is 0 Å². The summed E-state index contributed by atoms with van der Waals surface area (Å²) < 4.78 is 2.48.